The summed E-state index contributed by atoms with van der Waals surface area (Å²) in [5.74, 6) is 0. The number of nitrogens with zero attached hydrogens (tertiary/aromatic N) is 2. The third-order valence-corrected chi connectivity index (χ3v) is 3.25. The molecule has 1 rings (SSSR count). The average molecular weight is 244 g/mol. The Kier molecular flexibility index (Phi) is 5.71. The van der Waals surface area contributed by atoms with Crippen LogP contribution < -0.4 is 0 Å². The molecule has 100 valence electrons. The molecule has 2 atom stereocenters. The molecule has 0 saturated carbocycles. The van der Waals surface area contributed by atoms with Gasteiger partial charge in [-0.15, -0.1) is 0 Å². The summed E-state index contributed by atoms with van der Waals surface area (Å²) in [4.78, 5) is 15.4. The smallest absolute Gasteiger partial charge is 0.409 e. The van der Waals surface area contributed by atoms with Crippen molar-refractivity contribution in [2.45, 2.75) is 31.9 Å². The van der Waals surface area contributed by atoms with Crippen LogP contribution in [0.1, 0.15) is 19.8 Å². The molecule has 0 aromatic carbocycles. The van der Waals surface area contributed by atoms with Gasteiger partial charge in [-0.1, -0.05) is 6.92 Å². The molecular weight excluding hydrogens is 220 g/mol. The summed E-state index contributed by atoms with van der Waals surface area (Å²) >= 11 is 0. The van der Waals surface area contributed by atoms with Gasteiger partial charge in [-0.3, -0.25) is 4.90 Å². The Morgan fingerprint density at radius 3 is 2.76 bits per heavy atom. The maximum Gasteiger partial charge on any atom is 0.409 e. The van der Waals surface area contributed by atoms with Crippen molar-refractivity contribution in [2.24, 2.45) is 0 Å². The van der Waals surface area contributed by atoms with Crippen LogP contribution in [-0.2, 0) is 9.47 Å². The number of ether oxygens (including phenoxy) is 2. The molecule has 1 aliphatic heterocycles. The minimum absolute atomic E-state index is 0.235. The number of hydrogen-bond acceptors (Lipinski definition) is 4. The SMILES string of the molecule is CCCN(C)C(=O)OCC1CC(OC)CN1C. The number of carbonyl (C=O) groups excluding carboxylic acids is 1. The highest BCUT2D eigenvalue weighted by atomic mass is 16.6. The number of hydrogen-bond donors (Lipinski definition) is 0. The maximum atomic E-state index is 11.6. The summed E-state index contributed by atoms with van der Waals surface area (Å²) in [6.45, 7) is 4.13. The van der Waals surface area contributed by atoms with Gasteiger partial charge in [0.2, 0.25) is 0 Å². The lowest BCUT2D eigenvalue weighted by molar-refractivity contribution is 0.0867. The van der Waals surface area contributed by atoms with Crippen LogP contribution >= 0.6 is 0 Å². The Bertz CT molecular complexity index is 248. The summed E-state index contributed by atoms with van der Waals surface area (Å²) in [7, 11) is 5.53. The topological polar surface area (TPSA) is 42.0 Å². The lowest BCUT2D eigenvalue weighted by Crippen LogP contribution is -2.34. The Labute approximate surface area is 104 Å². The molecule has 0 aliphatic carbocycles. The number of amides is 1. The van der Waals surface area contributed by atoms with Crippen LogP contribution in [0.3, 0.4) is 0 Å². The van der Waals surface area contributed by atoms with Gasteiger partial charge in [0, 0.05) is 33.3 Å². The molecule has 2 unspecified atom stereocenters. The molecule has 17 heavy (non-hydrogen) atoms. The Morgan fingerprint density at radius 1 is 1.53 bits per heavy atom. The van der Waals surface area contributed by atoms with Gasteiger partial charge in [0.15, 0.2) is 0 Å². The number of methoxy groups -OCH3 is 1. The minimum atomic E-state index is -0.235. The fourth-order valence-corrected chi connectivity index (χ4v) is 2.10. The van der Waals surface area contributed by atoms with Gasteiger partial charge in [-0.25, -0.2) is 4.79 Å². The quantitative estimate of drug-likeness (QED) is 0.728. The van der Waals surface area contributed by atoms with Gasteiger partial charge in [0.05, 0.1) is 6.10 Å². The predicted octanol–water partition coefficient (Wildman–Crippen LogP) is 1.18. The van der Waals surface area contributed by atoms with Crippen molar-refractivity contribution in [1.82, 2.24) is 9.80 Å². The van der Waals surface area contributed by atoms with Crippen molar-refractivity contribution >= 4 is 6.09 Å². The van der Waals surface area contributed by atoms with Gasteiger partial charge in [0.25, 0.3) is 0 Å². The van der Waals surface area contributed by atoms with Crippen molar-refractivity contribution in [1.29, 1.82) is 0 Å². The zero-order valence-corrected chi connectivity index (χ0v) is 11.3. The molecule has 0 aromatic rings. The summed E-state index contributed by atoms with van der Waals surface area (Å²) < 4.78 is 10.6. The number of carbonyl (C=O) groups is 1. The molecule has 1 heterocycles. The molecule has 0 radical (unpaired) electrons. The second-order valence-corrected chi connectivity index (χ2v) is 4.69. The van der Waals surface area contributed by atoms with E-state index in [1.165, 1.54) is 0 Å². The van der Waals surface area contributed by atoms with Crippen LogP contribution in [-0.4, -0.2) is 68.9 Å². The molecule has 1 amide bonds. The van der Waals surface area contributed by atoms with Crippen LogP contribution in [0, 0.1) is 0 Å². The predicted molar refractivity (Wildman–Crippen MR) is 66.1 cm³/mol. The second-order valence-electron chi connectivity index (χ2n) is 4.69. The van der Waals surface area contributed by atoms with E-state index >= 15 is 0 Å². The monoisotopic (exact) mass is 244 g/mol. The van der Waals surface area contributed by atoms with E-state index in [9.17, 15) is 4.79 Å². The van der Waals surface area contributed by atoms with Crippen molar-refractivity contribution < 1.29 is 14.3 Å². The second kappa shape index (κ2) is 6.81. The zero-order chi connectivity index (χ0) is 12.8. The minimum Gasteiger partial charge on any atom is -0.448 e. The molecule has 5 heteroatoms. The van der Waals surface area contributed by atoms with Crippen LogP contribution in [0.4, 0.5) is 4.79 Å². The van der Waals surface area contributed by atoms with E-state index in [0.29, 0.717) is 6.61 Å². The summed E-state index contributed by atoms with van der Waals surface area (Å²) in [6.07, 6.45) is 1.90. The molecule has 0 N–H and O–H groups in total. The zero-order valence-electron chi connectivity index (χ0n) is 11.3. The highest BCUT2D eigenvalue weighted by Crippen LogP contribution is 2.18. The molecule has 0 bridgehead atoms. The Morgan fingerprint density at radius 2 is 2.24 bits per heavy atom. The number of rotatable bonds is 5. The fourth-order valence-electron chi connectivity index (χ4n) is 2.10. The molecule has 0 spiro atoms. The van der Waals surface area contributed by atoms with E-state index in [4.69, 9.17) is 9.47 Å². The van der Waals surface area contributed by atoms with Gasteiger partial charge < -0.3 is 14.4 Å². The third kappa shape index (κ3) is 4.16. The number of likely N-dealkylation sites (N-methyl/N-ethyl adjacent to an activating group) is 1. The standard InChI is InChI=1S/C12H24N2O3/c1-5-6-13(2)12(15)17-9-10-7-11(16-4)8-14(10)3/h10-11H,5-9H2,1-4H3. The van der Waals surface area contributed by atoms with Gasteiger partial charge in [0.1, 0.15) is 6.61 Å². The van der Waals surface area contributed by atoms with Crippen LogP contribution in [0.15, 0.2) is 0 Å². The first-order chi connectivity index (χ1) is 8.08. The van der Waals surface area contributed by atoms with Gasteiger partial charge >= 0.3 is 6.09 Å². The molecule has 5 nitrogen and oxygen atoms in total. The highest BCUT2D eigenvalue weighted by Gasteiger charge is 2.30. The van der Waals surface area contributed by atoms with Crippen molar-refractivity contribution in [2.75, 3.05) is 40.9 Å². The maximum absolute atomic E-state index is 11.6. The van der Waals surface area contributed by atoms with E-state index in [-0.39, 0.29) is 18.2 Å². The largest absolute Gasteiger partial charge is 0.448 e. The van der Waals surface area contributed by atoms with E-state index in [0.717, 1.165) is 25.9 Å². The van der Waals surface area contributed by atoms with E-state index in [1.807, 2.05) is 14.0 Å². The molecule has 1 saturated heterocycles. The normalized spacial score (nSPS) is 24.9. The highest BCUT2D eigenvalue weighted by molar-refractivity contribution is 5.67. The van der Waals surface area contributed by atoms with E-state index in [2.05, 4.69) is 4.90 Å². The molecule has 0 aromatic heterocycles. The molecule has 1 aliphatic rings. The van der Waals surface area contributed by atoms with Crippen molar-refractivity contribution in [3.05, 3.63) is 0 Å². The lowest BCUT2D eigenvalue weighted by atomic mass is 10.2. The van der Waals surface area contributed by atoms with Crippen LogP contribution in [0.2, 0.25) is 0 Å². The first kappa shape index (κ1) is 14.3. The fraction of sp³-hybridized carbons (Fsp3) is 0.917. The first-order valence-electron chi connectivity index (χ1n) is 6.19. The van der Waals surface area contributed by atoms with Gasteiger partial charge in [-0.05, 0) is 19.9 Å². The van der Waals surface area contributed by atoms with Crippen LogP contribution in [0.25, 0.3) is 0 Å². The van der Waals surface area contributed by atoms with Crippen LogP contribution in [0.5, 0.6) is 0 Å². The van der Waals surface area contributed by atoms with Crippen molar-refractivity contribution in [3.63, 3.8) is 0 Å². The van der Waals surface area contributed by atoms with Gasteiger partial charge in [-0.2, -0.15) is 0 Å². The summed E-state index contributed by atoms with van der Waals surface area (Å²) in [5, 5.41) is 0. The summed E-state index contributed by atoms with van der Waals surface area (Å²) in [6, 6.07) is 0.277. The number of likely N-dealkylation sites (tertiary alicyclic amines) is 1. The molecule has 1 fully saturated rings. The first-order valence-corrected chi connectivity index (χ1v) is 6.19. The summed E-state index contributed by atoms with van der Waals surface area (Å²) in [5.41, 5.74) is 0. The lowest BCUT2D eigenvalue weighted by Gasteiger charge is -2.21. The van der Waals surface area contributed by atoms with E-state index in [1.54, 1.807) is 19.1 Å². The van der Waals surface area contributed by atoms with E-state index < -0.39 is 0 Å². The molecular formula is C12H24N2O3. The van der Waals surface area contributed by atoms with Crippen molar-refractivity contribution in [3.8, 4) is 0 Å². The Hall–Kier alpha value is -0.810. The Balaban J connectivity index is 2.28. The average Bonchev–Trinajstić information content (AvgIpc) is 2.67. The third-order valence-electron chi connectivity index (χ3n) is 3.25.